The Hall–Kier alpha value is -1.63. The van der Waals surface area contributed by atoms with Crippen molar-refractivity contribution < 1.29 is 4.79 Å². The van der Waals surface area contributed by atoms with E-state index in [9.17, 15) is 4.79 Å². The zero-order valence-electron chi connectivity index (χ0n) is 15.1. The van der Waals surface area contributed by atoms with Gasteiger partial charge in [0.25, 0.3) is 5.91 Å². The van der Waals surface area contributed by atoms with Crippen molar-refractivity contribution in [3.63, 3.8) is 0 Å². The molecular weight excluding hydrogens is 373 g/mol. The summed E-state index contributed by atoms with van der Waals surface area (Å²) >= 11 is 6.19. The fourth-order valence-corrected chi connectivity index (χ4v) is 3.40. The fraction of sp³-hybridized carbons (Fsp3) is 0.500. The van der Waals surface area contributed by atoms with Crippen molar-refractivity contribution in [1.29, 1.82) is 0 Å². The summed E-state index contributed by atoms with van der Waals surface area (Å²) in [4.78, 5) is 16.9. The van der Waals surface area contributed by atoms with Crippen LogP contribution >= 0.6 is 24.0 Å². The molecular formula is C18H25Cl2N5O. The summed E-state index contributed by atoms with van der Waals surface area (Å²) in [5.41, 5.74) is 2.11. The second-order valence-corrected chi connectivity index (χ2v) is 7.00. The summed E-state index contributed by atoms with van der Waals surface area (Å²) in [7, 11) is 0. The van der Waals surface area contributed by atoms with E-state index >= 15 is 0 Å². The molecule has 1 aliphatic heterocycles. The molecule has 1 aliphatic rings. The molecule has 2 aromatic rings. The van der Waals surface area contributed by atoms with Gasteiger partial charge in [-0.1, -0.05) is 11.6 Å². The summed E-state index contributed by atoms with van der Waals surface area (Å²) in [6.45, 7) is 6.64. The first-order valence-corrected chi connectivity index (χ1v) is 9.11. The highest BCUT2D eigenvalue weighted by Gasteiger charge is 2.17. The summed E-state index contributed by atoms with van der Waals surface area (Å²) in [5, 5.41) is 11.1. The van der Waals surface area contributed by atoms with Crippen molar-refractivity contribution in [2.45, 2.75) is 33.1 Å². The number of carbonyl (C=O) groups is 1. The first kappa shape index (κ1) is 20.7. The Morgan fingerprint density at radius 3 is 2.88 bits per heavy atom. The highest BCUT2D eigenvalue weighted by Crippen LogP contribution is 2.18. The van der Waals surface area contributed by atoms with Crippen LogP contribution in [-0.2, 0) is 0 Å². The number of amides is 1. The molecule has 3 rings (SSSR count). The Morgan fingerprint density at radius 2 is 2.23 bits per heavy atom. The Balaban J connectivity index is 0.00000243. The van der Waals surface area contributed by atoms with Gasteiger partial charge in [-0.2, -0.15) is 5.10 Å². The number of hydrogen-bond donors (Lipinski definition) is 2. The van der Waals surface area contributed by atoms with Crippen LogP contribution in [0.25, 0.3) is 5.82 Å². The van der Waals surface area contributed by atoms with Gasteiger partial charge in [0, 0.05) is 12.2 Å². The number of piperidine rings is 1. The number of hydrogen-bond acceptors (Lipinski definition) is 4. The van der Waals surface area contributed by atoms with E-state index in [1.54, 1.807) is 16.8 Å². The molecule has 0 radical (unpaired) electrons. The van der Waals surface area contributed by atoms with Gasteiger partial charge in [-0.15, -0.1) is 12.4 Å². The van der Waals surface area contributed by atoms with Gasteiger partial charge >= 0.3 is 0 Å². The lowest BCUT2D eigenvalue weighted by Gasteiger charge is -2.22. The van der Waals surface area contributed by atoms with E-state index in [4.69, 9.17) is 11.6 Å². The van der Waals surface area contributed by atoms with E-state index in [1.807, 2.05) is 19.9 Å². The minimum absolute atomic E-state index is 0. The van der Waals surface area contributed by atoms with Gasteiger partial charge in [0.05, 0.1) is 10.7 Å². The third kappa shape index (κ3) is 4.96. The Kier molecular flexibility index (Phi) is 7.43. The van der Waals surface area contributed by atoms with Gasteiger partial charge in [0.1, 0.15) is 5.69 Å². The summed E-state index contributed by atoms with van der Waals surface area (Å²) < 4.78 is 1.72. The lowest BCUT2D eigenvalue weighted by Crippen LogP contribution is -2.33. The van der Waals surface area contributed by atoms with Crippen LogP contribution in [0.15, 0.2) is 18.2 Å². The van der Waals surface area contributed by atoms with Crippen molar-refractivity contribution in [2.75, 3.05) is 19.6 Å². The zero-order valence-corrected chi connectivity index (χ0v) is 16.7. The van der Waals surface area contributed by atoms with E-state index in [1.165, 1.54) is 12.8 Å². The second kappa shape index (κ2) is 9.35. The van der Waals surface area contributed by atoms with Gasteiger partial charge in [-0.25, -0.2) is 9.67 Å². The number of aromatic nitrogens is 3. The van der Waals surface area contributed by atoms with Gasteiger partial charge in [0.15, 0.2) is 5.82 Å². The quantitative estimate of drug-likeness (QED) is 0.812. The smallest absolute Gasteiger partial charge is 0.271 e. The number of rotatable bonds is 5. The standard InChI is InChI=1S/C18H24ClN5O.ClH/c1-12-10-13(2)24(23-12)16-6-5-15(19)17(22-16)18(25)21-9-7-14-4-3-8-20-11-14;/h5-6,10,14,20H,3-4,7-9,11H2,1-2H3,(H,21,25);1H. The van der Waals surface area contributed by atoms with Crippen LogP contribution in [-0.4, -0.2) is 40.3 Å². The van der Waals surface area contributed by atoms with E-state index < -0.39 is 0 Å². The van der Waals surface area contributed by atoms with Crippen LogP contribution in [0.3, 0.4) is 0 Å². The molecule has 0 aliphatic carbocycles. The predicted octanol–water partition coefficient (Wildman–Crippen LogP) is 3.08. The van der Waals surface area contributed by atoms with E-state index in [-0.39, 0.29) is 24.0 Å². The minimum atomic E-state index is -0.239. The molecule has 0 aromatic carbocycles. The minimum Gasteiger partial charge on any atom is -0.351 e. The molecule has 1 amide bonds. The van der Waals surface area contributed by atoms with Crippen LogP contribution in [0.5, 0.6) is 0 Å². The van der Waals surface area contributed by atoms with Crippen molar-refractivity contribution in [3.8, 4) is 5.82 Å². The number of pyridine rings is 1. The Labute approximate surface area is 165 Å². The molecule has 1 unspecified atom stereocenters. The number of aryl methyl sites for hydroxylation is 2. The van der Waals surface area contributed by atoms with Gasteiger partial charge < -0.3 is 10.6 Å². The fourth-order valence-electron chi connectivity index (χ4n) is 3.21. The first-order valence-electron chi connectivity index (χ1n) is 8.73. The molecule has 0 spiro atoms. The first-order chi connectivity index (χ1) is 12.0. The molecule has 8 heteroatoms. The zero-order chi connectivity index (χ0) is 17.8. The molecule has 3 heterocycles. The van der Waals surface area contributed by atoms with E-state index in [0.717, 1.165) is 30.9 Å². The summed E-state index contributed by atoms with van der Waals surface area (Å²) in [6.07, 6.45) is 3.39. The number of nitrogens with one attached hydrogen (secondary N) is 2. The summed E-state index contributed by atoms with van der Waals surface area (Å²) in [5.74, 6) is 0.979. The van der Waals surface area contributed by atoms with E-state index in [2.05, 4.69) is 20.7 Å². The number of carbonyl (C=O) groups excluding carboxylic acids is 1. The van der Waals surface area contributed by atoms with Crippen molar-refractivity contribution in [1.82, 2.24) is 25.4 Å². The third-order valence-electron chi connectivity index (χ3n) is 4.51. The lowest BCUT2D eigenvalue weighted by atomic mass is 9.96. The van der Waals surface area contributed by atoms with Gasteiger partial charge in [-0.05, 0) is 70.3 Å². The van der Waals surface area contributed by atoms with Crippen LogP contribution in [0.1, 0.15) is 41.1 Å². The maximum absolute atomic E-state index is 12.5. The van der Waals surface area contributed by atoms with E-state index in [0.29, 0.717) is 23.3 Å². The molecule has 26 heavy (non-hydrogen) atoms. The van der Waals surface area contributed by atoms with Crippen molar-refractivity contribution >= 4 is 29.9 Å². The Morgan fingerprint density at radius 1 is 1.42 bits per heavy atom. The van der Waals surface area contributed by atoms with Crippen LogP contribution < -0.4 is 10.6 Å². The maximum Gasteiger partial charge on any atom is 0.271 e. The normalized spacial score (nSPS) is 16.8. The average Bonchev–Trinajstić information content (AvgIpc) is 2.94. The molecule has 142 valence electrons. The molecule has 1 atom stereocenters. The number of halogens is 2. The molecule has 2 N–H and O–H groups in total. The average molecular weight is 398 g/mol. The molecule has 1 fully saturated rings. The van der Waals surface area contributed by atoms with Crippen molar-refractivity contribution in [3.05, 3.63) is 40.3 Å². The van der Waals surface area contributed by atoms with Gasteiger partial charge in [0.2, 0.25) is 0 Å². The lowest BCUT2D eigenvalue weighted by molar-refractivity contribution is 0.0945. The van der Waals surface area contributed by atoms with Gasteiger partial charge in [-0.3, -0.25) is 4.79 Å². The molecule has 1 saturated heterocycles. The monoisotopic (exact) mass is 397 g/mol. The SMILES string of the molecule is Cc1cc(C)n(-c2ccc(Cl)c(C(=O)NCCC3CCCNC3)n2)n1.Cl. The predicted molar refractivity (Wildman–Crippen MR) is 106 cm³/mol. The molecule has 2 aromatic heterocycles. The summed E-state index contributed by atoms with van der Waals surface area (Å²) in [6, 6.07) is 5.43. The highest BCUT2D eigenvalue weighted by molar-refractivity contribution is 6.33. The van der Waals surface area contributed by atoms with Crippen LogP contribution in [0, 0.1) is 19.8 Å². The highest BCUT2D eigenvalue weighted by atomic mass is 35.5. The van der Waals surface area contributed by atoms with Crippen LogP contribution in [0.2, 0.25) is 5.02 Å². The molecule has 0 saturated carbocycles. The topological polar surface area (TPSA) is 71.8 Å². The molecule has 0 bridgehead atoms. The molecule has 6 nitrogen and oxygen atoms in total. The number of nitrogens with zero attached hydrogens (tertiary/aromatic N) is 3. The maximum atomic E-state index is 12.5. The largest absolute Gasteiger partial charge is 0.351 e. The Bertz CT molecular complexity index is 756. The second-order valence-electron chi connectivity index (χ2n) is 6.60. The third-order valence-corrected chi connectivity index (χ3v) is 4.82. The van der Waals surface area contributed by atoms with Crippen LogP contribution in [0.4, 0.5) is 0 Å². The van der Waals surface area contributed by atoms with Crippen molar-refractivity contribution in [2.24, 2.45) is 5.92 Å².